The standard InChI is InChI=1S/C17H24N6OS/c1-2-14-22-13(11-25-14)10-23-7-3-12(4-8-23)9-21-17(24)15-16(18)20-6-5-19-15/h5-6,11-12H,2-4,7-10H2,1H3,(H2,18,20)(H,21,24). The number of nitrogens with one attached hydrogen (secondary N) is 1. The minimum absolute atomic E-state index is 0.171. The van der Waals surface area contributed by atoms with E-state index in [1.807, 2.05) is 0 Å². The maximum absolute atomic E-state index is 12.1. The number of aryl methyl sites for hydroxylation is 1. The average Bonchev–Trinajstić information content (AvgIpc) is 3.09. The van der Waals surface area contributed by atoms with E-state index >= 15 is 0 Å². The first-order valence-electron chi connectivity index (χ1n) is 8.66. The molecule has 0 unspecified atom stereocenters. The molecule has 8 heteroatoms. The fourth-order valence-corrected chi connectivity index (χ4v) is 3.74. The Hall–Kier alpha value is -2.06. The number of carbonyl (C=O) groups is 1. The third-order valence-electron chi connectivity index (χ3n) is 4.49. The molecule has 1 amide bonds. The molecule has 1 saturated heterocycles. The smallest absolute Gasteiger partial charge is 0.273 e. The van der Waals surface area contributed by atoms with Gasteiger partial charge in [-0.25, -0.2) is 15.0 Å². The molecule has 0 radical (unpaired) electrons. The summed E-state index contributed by atoms with van der Waals surface area (Å²) in [4.78, 5) is 27.1. The van der Waals surface area contributed by atoms with Gasteiger partial charge < -0.3 is 11.1 Å². The molecule has 1 fully saturated rings. The third kappa shape index (κ3) is 4.73. The zero-order chi connectivity index (χ0) is 17.6. The number of nitrogen functional groups attached to an aromatic ring is 1. The summed E-state index contributed by atoms with van der Waals surface area (Å²) in [7, 11) is 0. The highest BCUT2D eigenvalue weighted by Gasteiger charge is 2.21. The Morgan fingerprint density at radius 3 is 2.80 bits per heavy atom. The van der Waals surface area contributed by atoms with E-state index < -0.39 is 0 Å². The summed E-state index contributed by atoms with van der Waals surface area (Å²) < 4.78 is 0. The van der Waals surface area contributed by atoms with Crippen LogP contribution in [0.15, 0.2) is 17.8 Å². The largest absolute Gasteiger partial charge is 0.382 e. The highest BCUT2D eigenvalue weighted by molar-refractivity contribution is 7.09. The Morgan fingerprint density at radius 1 is 1.36 bits per heavy atom. The number of nitrogens with two attached hydrogens (primary N) is 1. The van der Waals surface area contributed by atoms with Crippen LogP contribution in [0.2, 0.25) is 0 Å². The van der Waals surface area contributed by atoms with E-state index in [-0.39, 0.29) is 17.4 Å². The first-order chi connectivity index (χ1) is 12.2. The van der Waals surface area contributed by atoms with E-state index in [9.17, 15) is 4.79 Å². The molecule has 0 atom stereocenters. The van der Waals surface area contributed by atoms with Crippen LogP contribution in [0.1, 0.15) is 41.0 Å². The molecule has 0 aromatic carbocycles. The van der Waals surface area contributed by atoms with Crippen molar-refractivity contribution in [3.63, 3.8) is 0 Å². The second-order valence-corrected chi connectivity index (χ2v) is 7.25. The first-order valence-corrected chi connectivity index (χ1v) is 9.54. The maximum Gasteiger partial charge on any atom is 0.273 e. The van der Waals surface area contributed by atoms with Gasteiger partial charge in [0.15, 0.2) is 11.5 Å². The van der Waals surface area contributed by atoms with Gasteiger partial charge in [0.05, 0.1) is 10.7 Å². The average molecular weight is 360 g/mol. The molecule has 1 aliphatic rings. The Labute approximate surface area is 151 Å². The molecule has 3 N–H and O–H groups in total. The minimum Gasteiger partial charge on any atom is -0.382 e. The van der Waals surface area contributed by atoms with Gasteiger partial charge in [0.2, 0.25) is 0 Å². The van der Waals surface area contributed by atoms with Crippen LogP contribution in [-0.4, -0.2) is 45.4 Å². The van der Waals surface area contributed by atoms with Crippen molar-refractivity contribution < 1.29 is 4.79 Å². The van der Waals surface area contributed by atoms with E-state index in [1.165, 1.54) is 23.1 Å². The fourth-order valence-electron chi connectivity index (χ4n) is 3.01. The van der Waals surface area contributed by atoms with E-state index in [0.717, 1.165) is 38.9 Å². The van der Waals surface area contributed by atoms with Crippen molar-refractivity contribution in [3.05, 3.63) is 34.2 Å². The number of piperidine rings is 1. The van der Waals surface area contributed by atoms with Crippen LogP contribution in [0, 0.1) is 5.92 Å². The van der Waals surface area contributed by atoms with Crippen molar-refractivity contribution in [2.75, 3.05) is 25.4 Å². The van der Waals surface area contributed by atoms with Crippen molar-refractivity contribution in [3.8, 4) is 0 Å². The number of thiazole rings is 1. The van der Waals surface area contributed by atoms with E-state index in [4.69, 9.17) is 5.73 Å². The summed E-state index contributed by atoms with van der Waals surface area (Å²) in [5.41, 5.74) is 7.06. The lowest BCUT2D eigenvalue weighted by atomic mass is 9.96. The van der Waals surface area contributed by atoms with Crippen LogP contribution in [0.3, 0.4) is 0 Å². The minimum atomic E-state index is -0.248. The lowest BCUT2D eigenvalue weighted by molar-refractivity contribution is 0.0931. The van der Waals surface area contributed by atoms with Crippen molar-refractivity contribution in [1.29, 1.82) is 0 Å². The molecule has 134 valence electrons. The summed E-state index contributed by atoms with van der Waals surface area (Å²) in [6, 6.07) is 0. The second kappa shape index (κ2) is 8.35. The molecular formula is C17H24N6OS. The Kier molecular flexibility index (Phi) is 5.93. The van der Waals surface area contributed by atoms with E-state index in [2.05, 4.69) is 37.5 Å². The summed E-state index contributed by atoms with van der Waals surface area (Å²) in [5.74, 6) is 0.409. The number of rotatable bonds is 6. The molecule has 2 aromatic rings. The van der Waals surface area contributed by atoms with Gasteiger partial charge in [-0.3, -0.25) is 9.69 Å². The van der Waals surface area contributed by atoms with Gasteiger partial charge in [0.25, 0.3) is 5.91 Å². The Balaban J connectivity index is 1.42. The Morgan fingerprint density at radius 2 is 2.12 bits per heavy atom. The third-order valence-corrected chi connectivity index (χ3v) is 5.53. The van der Waals surface area contributed by atoms with E-state index in [1.54, 1.807) is 11.3 Å². The van der Waals surface area contributed by atoms with Crippen molar-refractivity contribution >= 4 is 23.1 Å². The number of carbonyl (C=O) groups excluding carboxylic acids is 1. The topological polar surface area (TPSA) is 97.0 Å². The number of hydrogen-bond donors (Lipinski definition) is 2. The first kappa shape index (κ1) is 17.8. The Bertz CT molecular complexity index is 711. The monoisotopic (exact) mass is 360 g/mol. The van der Waals surface area contributed by atoms with Crippen molar-refractivity contribution in [2.45, 2.75) is 32.7 Å². The quantitative estimate of drug-likeness (QED) is 0.814. The zero-order valence-corrected chi connectivity index (χ0v) is 15.3. The molecule has 0 saturated carbocycles. The van der Waals surface area contributed by atoms with Crippen LogP contribution < -0.4 is 11.1 Å². The number of aromatic nitrogens is 3. The molecule has 2 aromatic heterocycles. The van der Waals surface area contributed by atoms with E-state index in [0.29, 0.717) is 12.5 Å². The molecule has 0 bridgehead atoms. The van der Waals surface area contributed by atoms with Crippen molar-refractivity contribution in [1.82, 2.24) is 25.2 Å². The van der Waals surface area contributed by atoms with Gasteiger partial charge in [0.1, 0.15) is 0 Å². The number of nitrogens with zero attached hydrogens (tertiary/aromatic N) is 4. The van der Waals surface area contributed by atoms with Gasteiger partial charge in [-0.15, -0.1) is 11.3 Å². The van der Waals surface area contributed by atoms with Gasteiger partial charge in [-0.05, 0) is 38.3 Å². The number of amides is 1. The molecular weight excluding hydrogens is 336 g/mol. The number of anilines is 1. The van der Waals surface area contributed by atoms with Gasteiger partial charge in [0, 0.05) is 30.9 Å². The second-order valence-electron chi connectivity index (χ2n) is 6.31. The zero-order valence-electron chi connectivity index (χ0n) is 14.4. The lowest BCUT2D eigenvalue weighted by Crippen LogP contribution is -2.38. The predicted octanol–water partition coefficient (Wildman–Crippen LogP) is 1.72. The summed E-state index contributed by atoms with van der Waals surface area (Å²) in [6.07, 6.45) is 6.10. The lowest BCUT2D eigenvalue weighted by Gasteiger charge is -2.31. The van der Waals surface area contributed by atoms with Crippen LogP contribution in [-0.2, 0) is 13.0 Å². The molecule has 0 aliphatic carbocycles. The summed E-state index contributed by atoms with van der Waals surface area (Å²) >= 11 is 1.74. The highest BCUT2D eigenvalue weighted by atomic mass is 32.1. The summed E-state index contributed by atoms with van der Waals surface area (Å²) in [6.45, 7) is 5.78. The van der Waals surface area contributed by atoms with Gasteiger partial charge in [-0.2, -0.15) is 0 Å². The molecule has 25 heavy (non-hydrogen) atoms. The van der Waals surface area contributed by atoms with Gasteiger partial charge in [-0.1, -0.05) is 6.92 Å². The molecule has 3 heterocycles. The van der Waals surface area contributed by atoms with Gasteiger partial charge >= 0.3 is 0 Å². The maximum atomic E-state index is 12.1. The van der Waals surface area contributed by atoms with Crippen LogP contribution in [0.4, 0.5) is 5.82 Å². The molecule has 0 spiro atoms. The number of likely N-dealkylation sites (tertiary alicyclic amines) is 1. The molecule has 7 nitrogen and oxygen atoms in total. The SMILES string of the molecule is CCc1nc(CN2CCC(CNC(=O)c3nccnc3N)CC2)cs1. The molecule has 3 rings (SSSR count). The molecule has 1 aliphatic heterocycles. The summed E-state index contributed by atoms with van der Waals surface area (Å²) in [5, 5.41) is 6.30. The van der Waals surface area contributed by atoms with Crippen LogP contribution in [0.25, 0.3) is 0 Å². The van der Waals surface area contributed by atoms with Crippen LogP contribution in [0.5, 0.6) is 0 Å². The van der Waals surface area contributed by atoms with Crippen LogP contribution >= 0.6 is 11.3 Å². The highest BCUT2D eigenvalue weighted by Crippen LogP contribution is 2.19. The normalized spacial score (nSPS) is 16.0. The predicted molar refractivity (Wildman–Crippen MR) is 98.3 cm³/mol. The number of hydrogen-bond acceptors (Lipinski definition) is 7. The van der Waals surface area contributed by atoms with Crippen molar-refractivity contribution in [2.24, 2.45) is 5.92 Å². The fraction of sp³-hybridized carbons (Fsp3) is 0.529.